The van der Waals surface area contributed by atoms with E-state index in [0.717, 1.165) is 49.2 Å². The molecule has 21 heavy (non-hydrogen) atoms. The van der Waals surface area contributed by atoms with Crippen molar-refractivity contribution in [2.24, 2.45) is 0 Å². The van der Waals surface area contributed by atoms with Crippen molar-refractivity contribution >= 4 is 23.0 Å². The maximum absolute atomic E-state index is 11.5. The minimum atomic E-state index is 0.694. The highest BCUT2D eigenvalue weighted by molar-refractivity contribution is 5.93. The standard InChI is InChI=1S/C17H21N3O/c1-12-8-13(2)15-10-14(11-21)17(18-16(15)9-12)20-6-4-19(3)5-7-20/h8-11H,4-7H2,1-3H3. The van der Waals surface area contributed by atoms with Crippen LogP contribution in [0.15, 0.2) is 18.2 Å². The van der Waals surface area contributed by atoms with Gasteiger partial charge in [0.15, 0.2) is 6.29 Å². The third-order valence-corrected chi connectivity index (χ3v) is 4.22. The van der Waals surface area contributed by atoms with E-state index in [1.165, 1.54) is 11.1 Å². The Morgan fingerprint density at radius 1 is 1.10 bits per heavy atom. The van der Waals surface area contributed by atoms with Crippen molar-refractivity contribution in [3.05, 3.63) is 34.9 Å². The number of piperazine rings is 1. The fourth-order valence-electron chi connectivity index (χ4n) is 2.99. The van der Waals surface area contributed by atoms with Gasteiger partial charge in [-0.1, -0.05) is 6.07 Å². The lowest BCUT2D eigenvalue weighted by atomic mass is 10.0. The molecule has 1 fully saturated rings. The Labute approximate surface area is 125 Å². The third kappa shape index (κ3) is 2.63. The Morgan fingerprint density at radius 2 is 1.81 bits per heavy atom. The lowest BCUT2D eigenvalue weighted by Crippen LogP contribution is -2.45. The first-order valence-corrected chi connectivity index (χ1v) is 7.39. The van der Waals surface area contributed by atoms with Crippen molar-refractivity contribution < 1.29 is 4.79 Å². The van der Waals surface area contributed by atoms with Gasteiger partial charge in [-0.15, -0.1) is 0 Å². The average Bonchev–Trinajstić information content (AvgIpc) is 2.47. The predicted octanol–water partition coefficient (Wildman–Crippen LogP) is 2.42. The average molecular weight is 283 g/mol. The highest BCUT2D eigenvalue weighted by Crippen LogP contribution is 2.26. The van der Waals surface area contributed by atoms with E-state index >= 15 is 0 Å². The summed E-state index contributed by atoms with van der Waals surface area (Å²) in [5, 5.41) is 1.07. The number of carbonyl (C=O) groups is 1. The molecule has 0 spiro atoms. The summed E-state index contributed by atoms with van der Waals surface area (Å²) in [6.07, 6.45) is 0.930. The van der Waals surface area contributed by atoms with Crippen molar-refractivity contribution in [2.75, 3.05) is 38.1 Å². The number of fused-ring (bicyclic) bond motifs is 1. The molecule has 0 unspecified atom stereocenters. The second-order valence-corrected chi connectivity index (χ2v) is 5.96. The number of likely N-dealkylation sites (N-methyl/N-ethyl adjacent to an activating group) is 1. The molecule has 4 heteroatoms. The van der Waals surface area contributed by atoms with E-state index in [2.05, 4.69) is 42.8 Å². The number of pyridine rings is 1. The normalized spacial score (nSPS) is 16.4. The van der Waals surface area contributed by atoms with Crippen molar-refractivity contribution in [1.29, 1.82) is 0 Å². The zero-order valence-electron chi connectivity index (χ0n) is 12.9. The topological polar surface area (TPSA) is 36.4 Å². The fraction of sp³-hybridized carbons (Fsp3) is 0.412. The fourth-order valence-corrected chi connectivity index (χ4v) is 2.99. The number of aromatic nitrogens is 1. The Balaban J connectivity index is 2.11. The molecule has 0 N–H and O–H groups in total. The number of aldehydes is 1. The van der Waals surface area contributed by atoms with Gasteiger partial charge in [0, 0.05) is 31.6 Å². The maximum Gasteiger partial charge on any atom is 0.153 e. The van der Waals surface area contributed by atoms with Crippen molar-refractivity contribution in [1.82, 2.24) is 9.88 Å². The molecule has 3 rings (SSSR count). The predicted molar refractivity (Wildman–Crippen MR) is 86.3 cm³/mol. The van der Waals surface area contributed by atoms with Crippen LogP contribution in [0.5, 0.6) is 0 Å². The Bertz CT molecular complexity index is 688. The number of hydrogen-bond donors (Lipinski definition) is 0. The van der Waals surface area contributed by atoms with Crippen molar-refractivity contribution in [3.8, 4) is 0 Å². The Hall–Kier alpha value is -1.94. The zero-order valence-corrected chi connectivity index (χ0v) is 12.9. The molecule has 1 aromatic carbocycles. The van der Waals surface area contributed by atoms with Crippen molar-refractivity contribution in [2.45, 2.75) is 13.8 Å². The third-order valence-electron chi connectivity index (χ3n) is 4.22. The number of carbonyl (C=O) groups excluding carboxylic acids is 1. The molecule has 0 radical (unpaired) electrons. The summed E-state index contributed by atoms with van der Waals surface area (Å²) in [5.74, 6) is 0.829. The first-order valence-electron chi connectivity index (χ1n) is 7.39. The SMILES string of the molecule is Cc1cc(C)c2cc(C=O)c(N3CCN(C)CC3)nc2c1. The molecule has 0 atom stereocenters. The van der Waals surface area contributed by atoms with Crippen molar-refractivity contribution in [3.63, 3.8) is 0 Å². The second-order valence-electron chi connectivity index (χ2n) is 5.96. The van der Waals surface area contributed by atoms with Crippen LogP contribution in [0.25, 0.3) is 10.9 Å². The monoisotopic (exact) mass is 283 g/mol. The van der Waals surface area contributed by atoms with Gasteiger partial charge >= 0.3 is 0 Å². The number of nitrogens with zero attached hydrogens (tertiary/aromatic N) is 3. The summed E-state index contributed by atoms with van der Waals surface area (Å²) >= 11 is 0. The van der Waals surface area contributed by atoms with Gasteiger partial charge in [-0.3, -0.25) is 4.79 Å². The molecule has 0 bridgehead atoms. The minimum absolute atomic E-state index is 0.694. The number of hydrogen-bond acceptors (Lipinski definition) is 4. The van der Waals surface area contributed by atoms with Gasteiger partial charge in [-0.25, -0.2) is 4.98 Å². The van der Waals surface area contributed by atoms with Gasteiger partial charge in [0.05, 0.1) is 11.1 Å². The molecular weight excluding hydrogens is 262 g/mol. The van der Waals surface area contributed by atoms with Gasteiger partial charge in [0.2, 0.25) is 0 Å². The van der Waals surface area contributed by atoms with E-state index in [1.807, 2.05) is 6.07 Å². The van der Waals surface area contributed by atoms with Gasteiger partial charge in [-0.05, 0) is 44.2 Å². The van der Waals surface area contributed by atoms with E-state index < -0.39 is 0 Å². The highest BCUT2D eigenvalue weighted by Gasteiger charge is 2.19. The molecule has 0 aliphatic carbocycles. The van der Waals surface area contributed by atoms with E-state index in [-0.39, 0.29) is 0 Å². The lowest BCUT2D eigenvalue weighted by Gasteiger charge is -2.34. The number of anilines is 1. The summed E-state index contributed by atoms with van der Waals surface area (Å²) in [7, 11) is 2.12. The van der Waals surface area contributed by atoms with Gasteiger partial charge < -0.3 is 9.80 Å². The smallest absolute Gasteiger partial charge is 0.153 e. The second kappa shape index (κ2) is 5.45. The van der Waals surface area contributed by atoms with E-state index in [4.69, 9.17) is 4.98 Å². The molecule has 0 amide bonds. The number of aryl methyl sites for hydroxylation is 2. The summed E-state index contributed by atoms with van der Waals surface area (Å²) < 4.78 is 0. The quantitative estimate of drug-likeness (QED) is 0.793. The summed E-state index contributed by atoms with van der Waals surface area (Å²) in [6, 6.07) is 6.21. The summed E-state index contributed by atoms with van der Waals surface area (Å²) in [5.41, 5.74) is 4.05. The lowest BCUT2D eigenvalue weighted by molar-refractivity contribution is 0.112. The van der Waals surface area contributed by atoms with Crippen LogP contribution in [-0.4, -0.2) is 49.4 Å². The first kappa shape index (κ1) is 14.0. The molecular formula is C17H21N3O. The first-order chi connectivity index (χ1) is 10.1. The van der Waals surface area contributed by atoms with E-state index in [0.29, 0.717) is 5.56 Å². The van der Waals surface area contributed by atoms with Crippen LogP contribution in [0.3, 0.4) is 0 Å². The van der Waals surface area contributed by atoms with Crippen LogP contribution in [0.4, 0.5) is 5.82 Å². The van der Waals surface area contributed by atoms with Crippen LogP contribution in [0.1, 0.15) is 21.5 Å². The molecule has 4 nitrogen and oxygen atoms in total. The maximum atomic E-state index is 11.5. The van der Waals surface area contributed by atoms with Crippen LogP contribution < -0.4 is 4.90 Å². The zero-order chi connectivity index (χ0) is 15.0. The molecule has 2 heterocycles. The molecule has 1 aliphatic heterocycles. The number of benzene rings is 1. The molecule has 2 aromatic rings. The van der Waals surface area contributed by atoms with E-state index in [1.54, 1.807) is 0 Å². The molecule has 110 valence electrons. The Kier molecular flexibility index (Phi) is 3.64. The Morgan fingerprint density at radius 3 is 2.48 bits per heavy atom. The summed E-state index contributed by atoms with van der Waals surface area (Å²) in [6.45, 7) is 8.00. The largest absolute Gasteiger partial charge is 0.353 e. The van der Waals surface area contributed by atoms with Crippen LogP contribution in [0.2, 0.25) is 0 Å². The number of rotatable bonds is 2. The van der Waals surface area contributed by atoms with Gasteiger partial charge in [0.25, 0.3) is 0 Å². The summed E-state index contributed by atoms with van der Waals surface area (Å²) in [4.78, 5) is 20.8. The van der Waals surface area contributed by atoms with Crippen LogP contribution in [0, 0.1) is 13.8 Å². The highest BCUT2D eigenvalue weighted by atomic mass is 16.1. The van der Waals surface area contributed by atoms with Gasteiger partial charge in [0.1, 0.15) is 5.82 Å². The molecule has 1 aliphatic rings. The van der Waals surface area contributed by atoms with Crippen LogP contribution >= 0.6 is 0 Å². The molecule has 1 saturated heterocycles. The molecule has 1 aromatic heterocycles. The van der Waals surface area contributed by atoms with Crippen LogP contribution in [-0.2, 0) is 0 Å². The molecule has 0 saturated carbocycles. The minimum Gasteiger partial charge on any atom is -0.353 e. The van der Waals surface area contributed by atoms with E-state index in [9.17, 15) is 4.79 Å². The van der Waals surface area contributed by atoms with Gasteiger partial charge in [-0.2, -0.15) is 0 Å².